The molecule has 0 radical (unpaired) electrons. The van der Waals surface area contributed by atoms with E-state index in [0.29, 0.717) is 52.7 Å². The number of carboxylic acid groups (broad SMARTS) is 1. The van der Waals surface area contributed by atoms with Crippen LogP contribution in [-0.4, -0.2) is 41.8 Å². The molecule has 5 aromatic rings. The zero-order valence-corrected chi connectivity index (χ0v) is 24.4. The Balaban J connectivity index is 1.15. The lowest BCUT2D eigenvalue weighted by atomic mass is 10.00. The van der Waals surface area contributed by atoms with Gasteiger partial charge in [0.05, 0.1) is 6.26 Å². The summed E-state index contributed by atoms with van der Waals surface area (Å²) in [4.78, 5) is 38.0. The van der Waals surface area contributed by atoms with Crippen molar-refractivity contribution in [2.24, 2.45) is 0 Å². The van der Waals surface area contributed by atoms with Crippen molar-refractivity contribution in [2.45, 2.75) is 12.5 Å². The molecule has 0 bridgehead atoms. The molecule has 0 amide bonds. The molecule has 0 saturated heterocycles. The molecule has 0 fully saturated rings. The van der Waals surface area contributed by atoms with E-state index in [2.05, 4.69) is 10.6 Å². The Morgan fingerprint density at radius 1 is 0.778 bits per heavy atom. The van der Waals surface area contributed by atoms with Gasteiger partial charge in [0.2, 0.25) is 0 Å². The lowest BCUT2D eigenvalue weighted by molar-refractivity contribution is -0.137. The van der Waals surface area contributed by atoms with Gasteiger partial charge in [0.25, 0.3) is 0 Å². The summed E-state index contributed by atoms with van der Waals surface area (Å²) in [6.07, 6.45) is 4.86. The molecule has 0 aliphatic rings. The van der Waals surface area contributed by atoms with Gasteiger partial charge in [-0.15, -0.1) is 0 Å². The molecule has 4 aromatic carbocycles. The van der Waals surface area contributed by atoms with E-state index >= 15 is 0 Å². The summed E-state index contributed by atoms with van der Waals surface area (Å²) >= 11 is 0. The van der Waals surface area contributed by atoms with E-state index in [9.17, 15) is 19.5 Å². The van der Waals surface area contributed by atoms with Gasteiger partial charge in [-0.2, -0.15) is 0 Å². The van der Waals surface area contributed by atoms with E-state index in [0.717, 1.165) is 5.56 Å². The molecule has 8 heteroatoms. The number of aliphatic carboxylic acids is 1. The van der Waals surface area contributed by atoms with Crippen LogP contribution in [0.3, 0.4) is 0 Å². The highest BCUT2D eigenvalue weighted by molar-refractivity contribution is 6.12. The Kier molecular flexibility index (Phi) is 10.2. The average Bonchev–Trinajstić information content (AvgIpc) is 3.60. The lowest BCUT2D eigenvalue weighted by Gasteiger charge is -2.18. The topological polar surface area (TPSA) is 118 Å². The second-order valence-electron chi connectivity index (χ2n) is 10.2. The van der Waals surface area contributed by atoms with Crippen LogP contribution in [0.5, 0.6) is 5.75 Å². The standard InChI is InChI=1S/C37H32N2O6/c40-35(21-20-28-11-8-23-44-28)30-12-4-6-14-32(30)38-22-24-45-29-18-16-26(17-19-29)25-34(37(42)43)39-33-15-7-5-13-31(33)36(41)27-9-2-1-3-10-27/h1-21,23,34,38-39H,22,24-25H2,(H,42,43). The molecule has 8 nitrogen and oxygen atoms in total. The van der Waals surface area contributed by atoms with Crippen LogP contribution in [0, 0.1) is 0 Å². The van der Waals surface area contributed by atoms with Crippen LogP contribution < -0.4 is 15.4 Å². The molecule has 1 heterocycles. The maximum absolute atomic E-state index is 13.1. The van der Waals surface area contributed by atoms with E-state index in [-0.39, 0.29) is 18.0 Å². The maximum Gasteiger partial charge on any atom is 0.326 e. The molecule has 3 N–H and O–H groups in total. The highest BCUT2D eigenvalue weighted by Crippen LogP contribution is 2.22. The maximum atomic E-state index is 13.1. The van der Waals surface area contributed by atoms with Crippen LogP contribution in [0.25, 0.3) is 6.08 Å². The summed E-state index contributed by atoms with van der Waals surface area (Å²) in [5, 5.41) is 16.3. The fourth-order valence-corrected chi connectivity index (χ4v) is 4.74. The summed E-state index contributed by atoms with van der Waals surface area (Å²) < 4.78 is 11.1. The molecule has 5 rings (SSSR count). The SMILES string of the molecule is O=C(C=Cc1ccco1)c1ccccc1NCCOc1ccc(CC(Nc2ccccc2C(=O)c2ccccc2)C(=O)O)cc1. The second-order valence-corrected chi connectivity index (χ2v) is 10.2. The van der Waals surface area contributed by atoms with Gasteiger partial charge < -0.3 is 24.9 Å². The van der Waals surface area contributed by atoms with Crippen molar-refractivity contribution in [1.29, 1.82) is 0 Å². The number of allylic oxidation sites excluding steroid dienone is 1. The van der Waals surface area contributed by atoms with Crippen molar-refractivity contribution < 1.29 is 28.6 Å². The third-order valence-electron chi connectivity index (χ3n) is 7.02. The van der Waals surface area contributed by atoms with Crippen molar-refractivity contribution in [3.8, 4) is 5.75 Å². The Hall–Kier alpha value is -5.89. The minimum atomic E-state index is -1.03. The van der Waals surface area contributed by atoms with Crippen LogP contribution in [0.2, 0.25) is 0 Å². The number of hydrogen-bond donors (Lipinski definition) is 3. The number of furan rings is 1. The number of carboxylic acids is 1. The third kappa shape index (κ3) is 8.36. The number of carbonyl (C=O) groups is 3. The lowest BCUT2D eigenvalue weighted by Crippen LogP contribution is -2.32. The van der Waals surface area contributed by atoms with Gasteiger partial charge in [0.15, 0.2) is 11.6 Å². The first kappa shape index (κ1) is 30.6. The van der Waals surface area contributed by atoms with Gasteiger partial charge >= 0.3 is 5.97 Å². The second kappa shape index (κ2) is 15.0. The van der Waals surface area contributed by atoms with Gasteiger partial charge in [-0.05, 0) is 66.2 Å². The minimum Gasteiger partial charge on any atom is -0.492 e. The monoisotopic (exact) mass is 600 g/mol. The number of anilines is 2. The number of para-hydroxylation sites is 2. The Bertz CT molecular complexity index is 1760. The van der Waals surface area contributed by atoms with E-state index in [1.54, 1.807) is 91.2 Å². The number of ether oxygens (including phenoxy) is 1. The molecule has 0 spiro atoms. The van der Waals surface area contributed by atoms with E-state index in [4.69, 9.17) is 9.15 Å². The molecule has 1 aromatic heterocycles. The molecule has 1 unspecified atom stereocenters. The zero-order valence-electron chi connectivity index (χ0n) is 24.4. The number of hydrogen-bond acceptors (Lipinski definition) is 7. The van der Waals surface area contributed by atoms with Crippen molar-refractivity contribution in [2.75, 3.05) is 23.8 Å². The summed E-state index contributed by atoms with van der Waals surface area (Å²) in [5.74, 6) is -0.130. The smallest absolute Gasteiger partial charge is 0.326 e. The minimum absolute atomic E-state index is 0.147. The summed E-state index contributed by atoms with van der Waals surface area (Å²) in [6.45, 7) is 0.801. The van der Waals surface area contributed by atoms with Crippen LogP contribution in [0.4, 0.5) is 11.4 Å². The molecule has 1 atom stereocenters. The summed E-state index contributed by atoms with van der Waals surface area (Å²) in [5.41, 5.74) is 3.43. The van der Waals surface area contributed by atoms with E-state index in [1.807, 2.05) is 36.4 Å². The van der Waals surface area contributed by atoms with Crippen LogP contribution in [0.1, 0.15) is 37.6 Å². The molecule has 0 saturated carbocycles. The predicted molar refractivity (Wildman–Crippen MR) is 174 cm³/mol. The highest BCUT2D eigenvalue weighted by Gasteiger charge is 2.21. The largest absolute Gasteiger partial charge is 0.492 e. The number of benzene rings is 4. The van der Waals surface area contributed by atoms with E-state index in [1.165, 1.54) is 6.08 Å². The van der Waals surface area contributed by atoms with Crippen molar-refractivity contribution >= 4 is 35.0 Å². The van der Waals surface area contributed by atoms with Crippen molar-refractivity contribution in [3.05, 3.63) is 156 Å². The first-order chi connectivity index (χ1) is 22.0. The quantitative estimate of drug-likeness (QED) is 0.0668. The van der Waals surface area contributed by atoms with Gasteiger partial charge in [0, 0.05) is 41.0 Å². The van der Waals surface area contributed by atoms with Crippen LogP contribution >= 0.6 is 0 Å². The average molecular weight is 601 g/mol. The molecule has 45 heavy (non-hydrogen) atoms. The molecular formula is C37H32N2O6. The molecule has 226 valence electrons. The van der Waals surface area contributed by atoms with Gasteiger partial charge in [-0.25, -0.2) is 4.79 Å². The van der Waals surface area contributed by atoms with Crippen molar-refractivity contribution in [3.63, 3.8) is 0 Å². The van der Waals surface area contributed by atoms with Gasteiger partial charge in [0.1, 0.15) is 24.2 Å². The van der Waals surface area contributed by atoms with Gasteiger partial charge in [-0.1, -0.05) is 66.7 Å². The fourth-order valence-electron chi connectivity index (χ4n) is 4.74. The number of rotatable bonds is 15. The fraction of sp³-hybridized carbons (Fsp3) is 0.108. The molecule has 0 aliphatic heterocycles. The van der Waals surface area contributed by atoms with Crippen molar-refractivity contribution in [1.82, 2.24) is 0 Å². The molecular weight excluding hydrogens is 568 g/mol. The predicted octanol–water partition coefficient (Wildman–Crippen LogP) is 7.01. The summed E-state index contributed by atoms with van der Waals surface area (Å²) in [6, 6.07) is 32.9. The Labute approximate surface area is 261 Å². The number of nitrogens with one attached hydrogen (secondary N) is 2. The van der Waals surface area contributed by atoms with Gasteiger partial charge in [-0.3, -0.25) is 9.59 Å². The van der Waals surface area contributed by atoms with E-state index < -0.39 is 12.0 Å². The Morgan fingerprint density at radius 2 is 1.47 bits per heavy atom. The van der Waals surface area contributed by atoms with Crippen LogP contribution in [-0.2, 0) is 11.2 Å². The van der Waals surface area contributed by atoms with Crippen LogP contribution in [0.15, 0.2) is 132 Å². The Morgan fingerprint density at radius 3 is 2.18 bits per heavy atom. The normalized spacial score (nSPS) is 11.6. The first-order valence-corrected chi connectivity index (χ1v) is 14.5. The number of ketones is 2. The third-order valence-corrected chi connectivity index (χ3v) is 7.02. The molecule has 0 aliphatic carbocycles. The summed E-state index contributed by atoms with van der Waals surface area (Å²) in [7, 11) is 0. The number of carbonyl (C=O) groups excluding carboxylic acids is 2. The zero-order chi connectivity index (χ0) is 31.4. The highest BCUT2D eigenvalue weighted by atomic mass is 16.5. The first-order valence-electron chi connectivity index (χ1n) is 14.5.